The number of aromatic nitrogens is 2. The molecule has 1 heterocycles. The zero-order valence-corrected chi connectivity index (χ0v) is 11.5. The lowest BCUT2D eigenvalue weighted by atomic mass is 10.4. The van der Waals surface area contributed by atoms with Gasteiger partial charge in [0.1, 0.15) is 0 Å². The molecule has 18 heavy (non-hydrogen) atoms. The quantitative estimate of drug-likeness (QED) is 0.771. The Labute approximate surface area is 107 Å². The first-order valence-electron chi connectivity index (χ1n) is 5.53. The molecular formula is C10H18N4O3S. The molecule has 1 aromatic rings. The van der Waals surface area contributed by atoms with Gasteiger partial charge in [-0.2, -0.15) is 4.98 Å². The maximum absolute atomic E-state index is 10.8. The van der Waals surface area contributed by atoms with Gasteiger partial charge in [-0.25, -0.2) is 18.5 Å². The van der Waals surface area contributed by atoms with Gasteiger partial charge in [0, 0.05) is 18.3 Å². The van der Waals surface area contributed by atoms with Gasteiger partial charge in [0.25, 0.3) is 0 Å². The van der Waals surface area contributed by atoms with Crippen LogP contribution < -0.4 is 15.2 Å². The summed E-state index contributed by atoms with van der Waals surface area (Å²) in [7, 11) is -3.48. The van der Waals surface area contributed by atoms with Crippen molar-refractivity contribution in [2.45, 2.75) is 26.9 Å². The van der Waals surface area contributed by atoms with Crippen molar-refractivity contribution >= 4 is 16.0 Å². The van der Waals surface area contributed by atoms with Crippen LogP contribution in [0.3, 0.4) is 0 Å². The van der Waals surface area contributed by atoms with Crippen LogP contribution >= 0.6 is 0 Å². The van der Waals surface area contributed by atoms with Crippen LogP contribution in [-0.4, -0.2) is 36.8 Å². The summed E-state index contributed by atoms with van der Waals surface area (Å²) >= 11 is 0. The molecule has 0 aromatic carbocycles. The molecule has 0 saturated heterocycles. The van der Waals surface area contributed by atoms with Crippen molar-refractivity contribution in [3.05, 3.63) is 11.8 Å². The van der Waals surface area contributed by atoms with Crippen molar-refractivity contribution in [2.24, 2.45) is 5.14 Å². The standard InChI is InChI=1S/C10H18N4O3S/c1-7(2)17-9-6-8(3)13-10(14-9)12-4-5-18(11,15)16/h6-7H,4-5H2,1-3H3,(H2,11,15,16)(H,12,13,14). The summed E-state index contributed by atoms with van der Waals surface area (Å²) in [6.07, 6.45) is 0.0107. The summed E-state index contributed by atoms with van der Waals surface area (Å²) in [4.78, 5) is 8.24. The van der Waals surface area contributed by atoms with Gasteiger partial charge in [0.05, 0.1) is 11.9 Å². The largest absolute Gasteiger partial charge is 0.475 e. The van der Waals surface area contributed by atoms with Crippen LogP contribution in [0.1, 0.15) is 19.5 Å². The molecule has 102 valence electrons. The average molecular weight is 274 g/mol. The van der Waals surface area contributed by atoms with Crippen LogP contribution in [0, 0.1) is 6.92 Å². The van der Waals surface area contributed by atoms with Gasteiger partial charge in [-0.05, 0) is 20.8 Å². The number of anilines is 1. The van der Waals surface area contributed by atoms with E-state index in [1.807, 2.05) is 13.8 Å². The fourth-order valence-corrected chi connectivity index (χ4v) is 1.61. The van der Waals surface area contributed by atoms with Crippen molar-refractivity contribution < 1.29 is 13.2 Å². The van der Waals surface area contributed by atoms with Gasteiger partial charge in [-0.15, -0.1) is 0 Å². The molecule has 0 bridgehead atoms. The van der Waals surface area contributed by atoms with E-state index in [4.69, 9.17) is 9.88 Å². The van der Waals surface area contributed by atoms with Crippen LogP contribution in [-0.2, 0) is 10.0 Å². The van der Waals surface area contributed by atoms with E-state index in [0.29, 0.717) is 11.8 Å². The molecule has 0 fully saturated rings. The molecule has 0 aliphatic heterocycles. The SMILES string of the molecule is Cc1cc(OC(C)C)nc(NCCS(N)(=O)=O)n1. The molecule has 1 aromatic heterocycles. The average Bonchev–Trinajstić information content (AvgIpc) is 2.12. The number of nitrogens with one attached hydrogen (secondary N) is 1. The predicted octanol–water partition coefficient (Wildman–Crippen LogP) is 0.273. The normalized spacial score (nSPS) is 11.6. The van der Waals surface area contributed by atoms with E-state index in [-0.39, 0.29) is 18.4 Å². The Hall–Kier alpha value is -1.41. The van der Waals surface area contributed by atoms with E-state index >= 15 is 0 Å². The van der Waals surface area contributed by atoms with Crippen molar-refractivity contribution in [1.29, 1.82) is 0 Å². The smallest absolute Gasteiger partial charge is 0.226 e. The molecular weight excluding hydrogens is 256 g/mol. The van der Waals surface area contributed by atoms with Gasteiger partial charge in [-0.1, -0.05) is 0 Å². The van der Waals surface area contributed by atoms with Crippen LogP contribution in [0.15, 0.2) is 6.07 Å². The van der Waals surface area contributed by atoms with Crippen LogP contribution in [0.2, 0.25) is 0 Å². The van der Waals surface area contributed by atoms with Crippen molar-refractivity contribution in [3.8, 4) is 5.88 Å². The highest BCUT2D eigenvalue weighted by atomic mass is 32.2. The minimum atomic E-state index is -3.48. The Morgan fingerprint density at radius 2 is 2.11 bits per heavy atom. The van der Waals surface area contributed by atoms with E-state index in [0.717, 1.165) is 5.69 Å². The number of hydrogen-bond acceptors (Lipinski definition) is 6. The lowest BCUT2D eigenvalue weighted by Gasteiger charge is -2.11. The predicted molar refractivity (Wildman–Crippen MR) is 69.0 cm³/mol. The molecule has 0 unspecified atom stereocenters. The lowest BCUT2D eigenvalue weighted by molar-refractivity contribution is 0.232. The fourth-order valence-electron chi connectivity index (χ4n) is 1.23. The molecule has 8 heteroatoms. The Bertz CT molecular complexity index is 502. The summed E-state index contributed by atoms with van der Waals surface area (Å²) in [6.45, 7) is 5.75. The highest BCUT2D eigenvalue weighted by molar-refractivity contribution is 7.89. The van der Waals surface area contributed by atoms with Crippen molar-refractivity contribution in [3.63, 3.8) is 0 Å². The molecule has 0 aliphatic rings. The number of primary sulfonamides is 1. The number of aryl methyl sites for hydroxylation is 1. The highest BCUT2D eigenvalue weighted by Gasteiger charge is 2.06. The minimum Gasteiger partial charge on any atom is -0.475 e. The van der Waals surface area contributed by atoms with E-state index in [1.54, 1.807) is 13.0 Å². The lowest BCUT2D eigenvalue weighted by Crippen LogP contribution is -2.23. The zero-order chi connectivity index (χ0) is 13.8. The first-order chi connectivity index (χ1) is 8.26. The van der Waals surface area contributed by atoms with E-state index in [2.05, 4.69) is 15.3 Å². The number of nitrogens with zero attached hydrogens (tertiary/aromatic N) is 2. The number of hydrogen-bond donors (Lipinski definition) is 2. The van der Waals surface area contributed by atoms with Crippen molar-refractivity contribution in [2.75, 3.05) is 17.6 Å². The second-order valence-electron chi connectivity index (χ2n) is 4.13. The Kier molecular flexibility index (Phi) is 4.85. The van der Waals surface area contributed by atoms with Gasteiger partial charge < -0.3 is 10.1 Å². The number of nitrogens with two attached hydrogens (primary N) is 1. The maximum Gasteiger partial charge on any atom is 0.226 e. The second-order valence-corrected chi connectivity index (χ2v) is 5.87. The molecule has 0 aliphatic carbocycles. The second kappa shape index (κ2) is 5.96. The summed E-state index contributed by atoms with van der Waals surface area (Å²) in [5.74, 6) is 0.606. The summed E-state index contributed by atoms with van der Waals surface area (Å²) in [5, 5.41) is 7.69. The third kappa shape index (κ3) is 5.78. The zero-order valence-electron chi connectivity index (χ0n) is 10.7. The molecule has 3 N–H and O–H groups in total. The molecule has 0 amide bonds. The minimum absolute atomic E-state index is 0.0107. The third-order valence-electron chi connectivity index (χ3n) is 1.86. The van der Waals surface area contributed by atoms with Gasteiger partial charge >= 0.3 is 0 Å². The van der Waals surface area contributed by atoms with Crippen LogP contribution in [0.4, 0.5) is 5.95 Å². The maximum atomic E-state index is 10.8. The first kappa shape index (κ1) is 14.7. The molecule has 0 atom stereocenters. The van der Waals surface area contributed by atoms with E-state index < -0.39 is 10.0 Å². The Morgan fingerprint density at radius 1 is 1.44 bits per heavy atom. The third-order valence-corrected chi connectivity index (χ3v) is 2.63. The summed E-state index contributed by atoms with van der Waals surface area (Å²) in [6, 6.07) is 1.71. The van der Waals surface area contributed by atoms with Gasteiger partial charge in [0.2, 0.25) is 21.9 Å². The molecule has 0 spiro atoms. The monoisotopic (exact) mass is 274 g/mol. The Balaban J connectivity index is 2.68. The summed E-state index contributed by atoms with van der Waals surface area (Å²) < 4.78 is 27.0. The van der Waals surface area contributed by atoms with Crippen LogP contribution in [0.5, 0.6) is 5.88 Å². The highest BCUT2D eigenvalue weighted by Crippen LogP contribution is 2.13. The van der Waals surface area contributed by atoms with Gasteiger partial charge in [0.15, 0.2) is 0 Å². The molecule has 1 rings (SSSR count). The van der Waals surface area contributed by atoms with E-state index in [9.17, 15) is 8.42 Å². The molecule has 0 saturated carbocycles. The Morgan fingerprint density at radius 3 is 2.67 bits per heavy atom. The number of rotatable bonds is 6. The summed E-state index contributed by atoms with van der Waals surface area (Å²) in [5.41, 5.74) is 0.735. The molecule has 7 nitrogen and oxygen atoms in total. The van der Waals surface area contributed by atoms with Crippen LogP contribution in [0.25, 0.3) is 0 Å². The first-order valence-corrected chi connectivity index (χ1v) is 7.24. The topological polar surface area (TPSA) is 107 Å². The fraction of sp³-hybridized carbons (Fsp3) is 0.600. The number of sulfonamides is 1. The van der Waals surface area contributed by atoms with E-state index in [1.165, 1.54) is 0 Å². The number of ether oxygens (including phenoxy) is 1. The molecule has 0 radical (unpaired) electrons. The van der Waals surface area contributed by atoms with Gasteiger partial charge in [-0.3, -0.25) is 0 Å². The van der Waals surface area contributed by atoms with Crippen molar-refractivity contribution in [1.82, 2.24) is 9.97 Å².